The summed E-state index contributed by atoms with van der Waals surface area (Å²) < 4.78 is 38.0. The highest BCUT2D eigenvalue weighted by Crippen LogP contribution is 2.30. The normalized spacial score (nSPS) is 11.4. The lowest BCUT2D eigenvalue weighted by molar-refractivity contribution is 0.123. The Bertz CT molecular complexity index is 1210. The third-order valence-electron chi connectivity index (χ3n) is 13.6. The van der Waals surface area contributed by atoms with Gasteiger partial charge in [-0.1, -0.05) is 232 Å². The van der Waals surface area contributed by atoms with Crippen LogP contribution in [0.25, 0.3) is 0 Å². The zero-order chi connectivity index (χ0) is 49.9. The smallest absolute Gasteiger partial charge is 0.142 e. The van der Waals surface area contributed by atoms with E-state index in [4.69, 9.17) is 28.4 Å². The Morgan fingerprint density at radius 2 is 0.486 bits per heavy atom. The minimum absolute atomic E-state index is 0.437. The molecular formula is C62H112N2O6. The average molecular weight is 982 g/mol. The maximum atomic E-state index is 6.54. The summed E-state index contributed by atoms with van der Waals surface area (Å²) in [4.78, 5) is 4.77. The largest absolute Gasteiger partial charge is 0.488 e. The Labute approximate surface area is 433 Å². The Morgan fingerprint density at radius 3 is 0.743 bits per heavy atom. The van der Waals surface area contributed by atoms with Crippen molar-refractivity contribution in [3.05, 3.63) is 48.5 Å². The van der Waals surface area contributed by atoms with E-state index in [0.29, 0.717) is 39.6 Å². The molecule has 0 bridgehead atoms. The van der Waals surface area contributed by atoms with Gasteiger partial charge in [0.25, 0.3) is 0 Å². The molecule has 8 heteroatoms. The van der Waals surface area contributed by atoms with Crippen molar-refractivity contribution in [1.29, 1.82) is 0 Å². The molecule has 0 heterocycles. The van der Waals surface area contributed by atoms with Gasteiger partial charge < -0.3 is 38.2 Å². The van der Waals surface area contributed by atoms with Gasteiger partial charge in [0.2, 0.25) is 0 Å². The fourth-order valence-corrected chi connectivity index (χ4v) is 9.15. The molecule has 0 atom stereocenters. The van der Waals surface area contributed by atoms with Gasteiger partial charge >= 0.3 is 0 Å². The second kappa shape index (κ2) is 50.0. The second-order valence-electron chi connectivity index (χ2n) is 20.0. The van der Waals surface area contributed by atoms with Crippen LogP contribution in [-0.2, 0) is 18.9 Å². The quantitative estimate of drug-likeness (QED) is 0.0608. The van der Waals surface area contributed by atoms with Crippen LogP contribution >= 0.6 is 0 Å². The van der Waals surface area contributed by atoms with Crippen LogP contribution < -0.4 is 19.3 Å². The minimum atomic E-state index is 0.437. The monoisotopic (exact) mass is 981 g/mol. The lowest BCUT2D eigenvalue weighted by atomic mass is 10.1. The molecule has 0 aliphatic heterocycles. The molecule has 8 nitrogen and oxygen atoms in total. The highest BCUT2D eigenvalue weighted by Gasteiger charge is 2.15. The Morgan fingerprint density at radius 1 is 0.257 bits per heavy atom. The fraction of sp³-hybridized carbons (Fsp3) is 0.806. The number of benzene rings is 2. The third-order valence-corrected chi connectivity index (χ3v) is 13.6. The number of hydrogen-bond donors (Lipinski definition) is 0. The zero-order valence-electron chi connectivity index (χ0n) is 46.5. The van der Waals surface area contributed by atoms with Crippen molar-refractivity contribution in [1.82, 2.24) is 0 Å². The van der Waals surface area contributed by atoms with Gasteiger partial charge in [0, 0.05) is 52.6 Å². The van der Waals surface area contributed by atoms with Gasteiger partial charge in [0.1, 0.15) is 24.7 Å². The molecule has 0 saturated heterocycles. The molecule has 0 unspecified atom stereocenters. The first-order chi connectivity index (χ1) is 34.7. The number of hydrogen-bond acceptors (Lipinski definition) is 8. The maximum Gasteiger partial charge on any atom is 0.142 e. The lowest BCUT2D eigenvalue weighted by Crippen LogP contribution is -2.32. The molecule has 0 aliphatic rings. The number of rotatable bonds is 55. The molecule has 0 saturated carbocycles. The van der Waals surface area contributed by atoms with Crippen molar-refractivity contribution < 1.29 is 28.4 Å². The number of ether oxygens (including phenoxy) is 6. The van der Waals surface area contributed by atoms with Crippen molar-refractivity contribution in [2.45, 2.75) is 233 Å². The first-order valence-corrected chi connectivity index (χ1v) is 30.0. The van der Waals surface area contributed by atoms with Crippen LogP contribution in [0.4, 0.5) is 11.4 Å². The summed E-state index contributed by atoms with van der Waals surface area (Å²) in [6, 6.07) is 16.9. The topological polar surface area (TPSA) is 61.9 Å². The number of unbranched alkanes of at least 4 members (excludes halogenated alkanes) is 28. The third kappa shape index (κ3) is 36.4. The van der Waals surface area contributed by atoms with Crippen LogP contribution in [0, 0.1) is 0 Å². The van der Waals surface area contributed by atoms with Crippen LogP contribution in [0.3, 0.4) is 0 Å². The summed E-state index contributed by atoms with van der Waals surface area (Å²) in [5, 5.41) is 0. The number of para-hydroxylation sites is 4. The van der Waals surface area contributed by atoms with Gasteiger partial charge in [-0.2, -0.15) is 0 Å². The van der Waals surface area contributed by atoms with Crippen LogP contribution in [-0.4, -0.2) is 92.2 Å². The predicted octanol–water partition coefficient (Wildman–Crippen LogP) is 17.4. The first kappa shape index (κ1) is 63.6. The molecule has 0 spiro atoms. The van der Waals surface area contributed by atoms with Gasteiger partial charge in [0.15, 0.2) is 0 Å². The standard InChI is InChI=1S/C62H112N2O6/c1-5-9-13-17-21-25-29-37-49-65-53-45-63(46-54-66-50-38-30-26-22-18-14-10-6-2)59-41-33-35-43-61(59)69-57-58-70-62-44-36-34-42-60(62)64(47-55-67-51-39-31-27-23-19-15-11-7-3)48-56-68-52-40-32-28-24-20-16-12-8-4/h33-36,41-44H,5-32,37-40,45-58H2,1-4H3. The van der Waals surface area contributed by atoms with E-state index in [0.717, 1.165) is 101 Å². The van der Waals surface area contributed by atoms with E-state index >= 15 is 0 Å². The van der Waals surface area contributed by atoms with Gasteiger partial charge in [-0.3, -0.25) is 0 Å². The summed E-state index contributed by atoms with van der Waals surface area (Å²) in [7, 11) is 0. The van der Waals surface area contributed by atoms with E-state index in [1.807, 2.05) is 0 Å². The lowest BCUT2D eigenvalue weighted by Gasteiger charge is -2.27. The molecule has 0 radical (unpaired) electrons. The highest BCUT2D eigenvalue weighted by atomic mass is 16.5. The van der Waals surface area contributed by atoms with Crippen molar-refractivity contribution in [2.75, 3.05) is 102 Å². The molecule has 0 aliphatic carbocycles. The van der Waals surface area contributed by atoms with Gasteiger partial charge in [-0.05, 0) is 49.9 Å². The van der Waals surface area contributed by atoms with Crippen LogP contribution in [0.1, 0.15) is 233 Å². The molecule has 0 amide bonds. The Balaban J connectivity index is 1.96. The number of nitrogens with zero attached hydrogens (tertiary/aromatic N) is 2. The Kier molecular flexibility index (Phi) is 45.5. The minimum Gasteiger partial charge on any atom is -0.488 e. The van der Waals surface area contributed by atoms with E-state index in [9.17, 15) is 0 Å². The fourth-order valence-electron chi connectivity index (χ4n) is 9.15. The van der Waals surface area contributed by atoms with Gasteiger partial charge in [0.05, 0.1) is 37.8 Å². The van der Waals surface area contributed by atoms with Crippen molar-refractivity contribution >= 4 is 11.4 Å². The predicted molar refractivity (Wildman–Crippen MR) is 302 cm³/mol. The van der Waals surface area contributed by atoms with Crippen LogP contribution in [0.2, 0.25) is 0 Å². The van der Waals surface area contributed by atoms with E-state index in [1.54, 1.807) is 0 Å². The molecule has 406 valence electrons. The molecule has 2 aromatic carbocycles. The summed E-state index contributed by atoms with van der Waals surface area (Å²) in [5.41, 5.74) is 2.17. The van der Waals surface area contributed by atoms with Crippen molar-refractivity contribution in [3.8, 4) is 11.5 Å². The summed E-state index contributed by atoms with van der Waals surface area (Å²) in [5.74, 6) is 1.74. The summed E-state index contributed by atoms with van der Waals surface area (Å²) >= 11 is 0. The summed E-state index contributed by atoms with van der Waals surface area (Å²) in [6.45, 7) is 19.2. The molecule has 0 N–H and O–H groups in total. The molecular weight excluding hydrogens is 869 g/mol. The van der Waals surface area contributed by atoms with E-state index in [2.05, 4.69) is 86.0 Å². The Hall–Kier alpha value is -2.52. The van der Waals surface area contributed by atoms with Crippen molar-refractivity contribution in [2.24, 2.45) is 0 Å². The van der Waals surface area contributed by atoms with Gasteiger partial charge in [-0.25, -0.2) is 0 Å². The van der Waals surface area contributed by atoms with Gasteiger partial charge in [-0.15, -0.1) is 0 Å². The molecule has 0 aromatic heterocycles. The van der Waals surface area contributed by atoms with Crippen LogP contribution in [0.5, 0.6) is 11.5 Å². The molecule has 2 aromatic rings. The molecule has 70 heavy (non-hydrogen) atoms. The maximum absolute atomic E-state index is 6.54. The first-order valence-electron chi connectivity index (χ1n) is 30.0. The van der Waals surface area contributed by atoms with Crippen molar-refractivity contribution in [3.63, 3.8) is 0 Å². The second-order valence-corrected chi connectivity index (χ2v) is 20.0. The summed E-state index contributed by atoms with van der Waals surface area (Å²) in [6.07, 6.45) is 41.9. The van der Waals surface area contributed by atoms with E-state index in [-0.39, 0.29) is 0 Å². The van der Waals surface area contributed by atoms with Crippen LogP contribution in [0.15, 0.2) is 48.5 Å². The molecule has 2 rings (SSSR count). The SMILES string of the molecule is CCCCCCCCCCOCCN(CCOCCCCCCCCCC)c1ccccc1OCCOc1ccccc1N(CCOCCCCCCCCCC)CCOCCCCCCCCCC. The van der Waals surface area contributed by atoms with E-state index in [1.165, 1.54) is 180 Å². The average Bonchev–Trinajstić information content (AvgIpc) is 3.38. The number of anilines is 2. The molecule has 0 fully saturated rings. The zero-order valence-corrected chi connectivity index (χ0v) is 46.5. The highest BCUT2D eigenvalue weighted by molar-refractivity contribution is 5.59. The van der Waals surface area contributed by atoms with E-state index < -0.39 is 0 Å².